The van der Waals surface area contributed by atoms with Crippen molar-refractivity contribution in [3.8, 4) is 0 Å². The van der Waals surface area contributed by atoms with E-state index in [-0.39, 0.29) is 0 Å². The standard InChI is InChI=1S/C9H11NOS/c1-3-9-10-8(6-12-9)4-7(2)5-11/h4-6H,3H2,1-2H3. The molecule has 0 amide bonds. The van der Waals surface area contributed by atoms with Gasteiger partial charge in [-0.15, -0.1) is 11.3 Å². The minimum Gasteiger partial charge on any atom is -0.298 e. The van der Waals surface area contributed by atoms with Crippen LogP contribution >= 0.6 is 11.3 Å². The zero-order valence-electron chi connectivity index (χ0n) is 7.20. The summed E-state index contributed by atoms with van der Waals surface area (Å²) in [6.45, 7) is 3.84. The molecule has 3 heteroatoms. The van der Waals surface area contributed by atoms with Crippen LogP contribution in [0, 0.1) is 0 Å². The highest BCUT2D eigenvalue weighted by Crippen LogP contribution is 2.12. The summed E-state index contributed by atoms with van der Waals surface area (Å²) in [4.78, 5) is 14.6. The first-order valence-electron chi connectivity index (χ1n) is 3.84. The van der Waals surface area contributed by atoms with Gasteiger partial charge in [0.05, 0.1) is 10.7 Å². The van der Waals surface area contributed by atoms with Crippen LogP contribution in [-0.2, 0) is 11.2 Å². The number of thiazole rings is 1. The van der Waals surface area contributed by atoms with Crippen molar-refractivity contribution >= 4 is 23.7 Å². The summed E-state index contributed by atoms with van der Waals surface area (Å²) in [6, 6.07) is 0. The van der Waals surface area contributed by atoms with Crippen molar-refractivity contribution in [2.45, 2.75) is 20.3 Å². The minimum atomic E-state index is 0.711. The summed E-state index contributed by atoms with van der Waals surface area (Å²) in [7, 11) is 0. The van der Waals surface area contributed by atoms with E-state index < -0.39 is 0 Å². The average molecular weight is 181 g/mol. The van der Waals surface area contributed by atoms with Crippen LogP contribution in [0.25, 0.3) is 6.08 Å². The van der Waals surface area contributed by atoms with Crippen molar-refractivity contribution in [3.63, 3.8) is 0 Å². The van der Waals surface area contributed by atoms with Gasteiger partial charge in [-0.2, -0.15) is 0 Å². The van der Waals surface area contributed by atoms with Crippen molar-refractivity contribution in [2.24, 2.45) is 0 Å². The second-order valence-electron chi connectivity index (χ2n) is 2.53. The van der Waals surface area contributed by atoms with E-state index in [1.807, 2.05) is 5.38 Å². The lowest BCUT2D eigenvalue weighted by Crippen LogP contribution is -1.80. The van der Waals surface area contributed by atoms with Gasteiger partial charge in [0.25, 0.3) is 0 Å². The zero-order valence-corrected chi connectivity index (χ0v) is 8.02. The van der Waals surface area contributed by atoms with Gasteiger partial charge in [-0.25, -0.2) is 4.98 Å². The Balaban J connectivity index is 2.82. The molecule has 1 heterocycles. The molecule has 0 aliphatic rings. The first kappa shape index (κ1) is 9.13. The van der Waals surface area contributed by atoms with E-state index in [9.17, 15) is 4.79 Å². The second kappa shape index (κ2) is 4.16. The molecule has 1 aromatic rings. The van der Waals surface area contributed by atoms with E-state index in [1.165, 1.54) is 0 Å². The third-order valence-electron chi connectivity index (χ3n) is 1.43. The Hall–Kier alpha value is -0.960. The molecule has 0 spiro atoms. The van der Waals surface area contributed by atoms with Gasteiger partial charge in [-0.3, -0.25) is 4.79 Å². The number of nitrogens with zero attached hydrogens (tertiary/aromatic N) is 1. The molecular formula is C9H11NOS. The molecule has 0 saturated carbocycles. The van der Waals surface area contributed by atoms with Crippen molar-refractivity contribution < 1.29 is 4.79 Å². The number of aromatic nitrogens is 1. The average Bonchev–Trinajstić information content (AvgIpc) is 2.52. The van der Waals surface area contributed by atoms with E-state index in [2.05, 4.69) is 11.9 Å². The van der Waals surface area contributed by atoms with Crippen LogP contribution in [-0.4, -0.2) is 11.3 Å². The third kappa shape index (κ3) is 2.27. The van der Waals surface area contributed by atoms with Crippen molar-refractivity contribution in [1.82, 2.24) is 4.98 Å². The van der Waals surface area contributed by atoms with Gasteiger partial charge in [0.1, 0.15) is 6.29 Å². The lowest BCUT2D eigenvalue weighted by molar-refractivity contribution is -0.104. The van der Waals surface area contributed by atoms with Crippen LogP contribution in [0.5, 0.6) is 0 Å². The topological polar surface area (TPSA) is 30.0 Å². The molecule has 0 atom stereocenters. The van der Waals surface area contributed by atoms with Crippen LogP contribution in [0.3, 0.4) is 0 Å². The van der Waals surface area contributed by atoms with Gasteiger partial charge in [0.15, 0.2) is 0 Å². The fraction of sp³-hybridized carbons (Fsp3) is 0.333. The summed E-state index contributed by atoms with van der Waals surface area (Å²) in [6.07, 6.45) is 3.59. The highest BCUT2D eigenvalue weighted by molar-refractivity contribution is 7.09. The van der Waals surface area contributed by atoms with Gasteiger partial charge >= 0.3 is 0 Å². The number of hydrogen-bond donors (Lipinski definition) is 0. The molecule has 2 nitrogen and oxygen atoms in total. The number of aryl methyl sites for hydroxylation is 1. The first-order valence-corrected chi connectivity index (χ1v) is 4.72. The first-order chi connectivity index (χ1) is 5.76. The lowest BCUT2D eigenvalue weighted by Gasteiger charge is -1.85. The molecule has 0 unspecified atom stereocenters. The maximum atomic E-state index is 10.3. The number of aldehydes is 1. The number of rotatable bonds is 3. The SMILES string of the molecule is CCc1nc(C=C(C)C=O)cs1. The van der Waals surface area contributed by atoms with Crippen LogP contribution in [0.4, 0.5) is 0 Å². The summed E-state index contributed by atoms with van der Waals surface area (Å²) < 4.78 is 0. The number of carbonyl (C=O) groups excluding carboxylic acids is 1. The molecule has 0 N–H and O–H groups in total. The molecule has 0 bridgehead atoms. The van der Waals surface area contributed by atoms with Crippen molar-refractivity contribution in [3.05, 3.63) is 21.7 Å². The number of hydrogen-bond acceptors (Lipinski definition) is 3. The molecule has 0 aromatic carbocycles. The smallest absolute Gasteiger partial charge is 0.145 e. The molecule has 64 valence electrons. The van der Waals surface area contributed by atoms with Crippen LogP contribution < -0.4 is 0 Å². The van der Waals surface area contributed by atoms with E-state index in [0.717, 1.165) is 23.4 Å². The fourth-order valence-electron chi connectivity index (χ4n) is 0.821. The highest BCUT2D eigenvalue weighted by Gasteiger charge is 1.96. The molecule has 0 radical (unpaired) electrons. The molecule has 0 aliphatic carbocycles. The molecular weight excluding hydrogens is 170 g/mol. The number of allylic oxidation sites excluding steroid dienone is 1. The van der Waals surface area contributed by atoms with E-state index in [4.69, 9.17) is 0 Å². The third-order valence-corrected chi connectivity index (χ3v) is 2.44. The monoisotopic (exact) mass is 181 g/mol. The Bertz CT molecular complexity index is 301. The normalized spacial score (nSPS) is 11.7. The summed E-state index contributed by atoms with van der Waals surface area (Å²) in [5.41, 5.74) is 1.60. The Morgan fingerprint density at radius 3 is 3.00 bits per heavy atom. The van der Waals surface area contributed by atoms with Crippen LogP contribution in [0.15, 0.2) is 11.0 Å². The Kier molecular flexibility index (Phi) is 3.17. The second-order valence-corrected chi connectivity index (χ2v) is 3.47. The minimum absolute atomic E-state index is 0.711. The van der Waals surface area contributed by atoms with Gasteiger partial charge in [0, 0.05) is 5.38 Å². The largest absolute Gasteiger partial charge is 0.298 e. The Labute approximate surface area is 76.0 Å². The summed E-state index contributed by atoms with van der Waals surface area (Å²) in [5, 5.41) is 3.08. The van der Waals surface area contributed by atoms with E-state index >= 15 is 0 Å². The molecule has 12 heavy (non-hydrogen) atoms. The van der Waals surface area contributed by atoms with Gasteiger partial charge in [0.2, 0.25) is 0 Å². The summed E-state index contributed by atoms with van der Waals surface area (Å²) in [5.74, 6) is 0. The summed E-state index contributed by atoms with van der Waals surface area (Å²) >= 11 is 1.63. The molecule has 0 aliphatic heterocycles. The highest BCUT2D eigenvalue weighted by atomic mass is 32.1. The molecule has 1 aromatic heterocycles. The predicted octanol–water partition coefficient (Wildman–Crippen LogP) is 2.31. The molecule has 1 rings (SSSR count). The van der Waals surface area contributed by atoms with Crippen molar-refractivity contribution in [2.75, 3.05) is 0 Å². The molecule has 0 saturated heterocycles. The Morgan fingerprint density at radius 1 is 1.75 bits per heavy atom. The lowest BCUT2D eigenvalue weighted by atomic mass is 10.3. The van der Waals surface area contributed by atoms with Crippen LogP contribution in [0.2, 0.25) is 0 Å². The maximum Gasteiger partial charge on any atom is 0.145 e. The van der Waals surface area contributed by atoms with Gasteiger partial charge in [-0.1, -0.05) is 6.92 Å². The number of carbonyl (C=O) groups is 1. The van der Waals surface area contributed by atoms with Crippen molar-refractivity contribution in [1.29, 1.82) is 0 Å². The Morgan fingerprint density at radius 2 is 2.50 bits per heavy atom. The van der Waals surface area contributed by atoms with Crippen LogP contribution in [0.1, 0.15) is 24.5 Å². The van der Waals surface area contributed by atoms with E-state index in [1.54, 1.807) is 24.3 Å². The van der Waals surface area contributed by atoms with Gasteiger partial charge < -0.3 is 0 Å². The fourth-order valence-corrected chi connectivity index (χ4v) is 1.52. The maximum absolute atomic E-state index is 10.3. The van der Waals surface area contributed by atoms with E-state index in [0.29, 0.717) is 5.57 Å². The van der Waals surface area contributed by atoms with Gasteiger partial charge in [-0.05, 0) is 25.0 Å². The molecule has 0 fully saturated rings. The zero-order chi connectivity index (χ0) is 8.97. The predicted molar refractivity (Wildman–Crippen MR) is 51.2 cm³/mol. The quantitative estimate of drug-likeness (QED) is 0.529.